The molecule has 0 spiro atoms. The molecule has 6 nitrogen and oxygen atoms in total. The molecule has 146 valence electrons. The highest BCUT2D eigenvalue weighted by Crippen LogP contribution is 2.33. The lowest BCUT2D eigenvalue weighted by atomic mass is 10.1. The third-order valence-corrected chi connectivity index (χ3v) is 5.39. The highest BCUT2D eigenvalue weighted by atomic mass is 35.5. The first-order valence-corrected chi connectivity index (χ1v) is 9.86. The number of aromatic nitrogens is 2. The van der Waals surface area contributed by atoms with E-state index in [9.17, 15) is 4.79 Å². The van der Waals surface area contributed by atoms with E-state index in [1.807, 2.05) is 38.1 Å². The van der Waals surface area contributed by atoms with Crippen molar-refractivity contribution >= 4 is 17.5 Å². The van der Waals surface area contributed by atoms with Gasteiger partial charge in [0.25, 0.3) is 5.91 Å². The van der Waals surface area contributed by atoms with Crippen molar-refractivity contribution in [2.45, 2.75) is 45.1 Å². The van der Waals surface area contributed by atoms with Gasteiger partial charge >= 0.3 is 0 Å². The van der Waals surface area contributed by atoms with E-state index in [0.29, 0.717) is 23.9 Å². The first-order chi connectivity index (χ1) is 13.5. The molecule has 0 bridgehead atoms. The van der Waals surface area contributed by atoms with Crippen molar-refractivity contribution in [3.05, 3.63) is 70.2 Å². The topological polar surface area (TPSA) is 72.4 Å². The first-order valence-electron chi connectivity index (χ1n) is 9.48. The Morgan fingerprint density at radius 2 is 2.18 bits per heavy atom. The Labute approximate surface area is 168 Å². The zero-order valence-corrected chi connectivity index (χ0v) is 16.6. The minimum absolute atomic E-state index is 0.173. The second-order valence-corrected chi connectivity index (χ2v) is 7.77. The number of halogens is 1. The standard InChI is InChI=1S/C21H22ClN3O3/c1-13(2)17-11-19(28-24-17)21(26)25-9-5-8-18(25)20-23-12-15(27-20)10-14-6-3-4-7-16(14)22/h3-4,6-7,11-13,18H,5,8-10H2,1-2H3/t18-/m0/s1. The molecule has 0 radical (unpaired) electrons. The molecule has 2 aromatic heterocycles. The van der Waals surface area contributed by atoms with E-state index in [1.165, 1.54) is 0 Å². The van der Waals surface area contributed by atoms with Crippen molar-refractivity contribution in [3.8, 4) is 0 Å². The summed E-state index contributed by atoms with van der Waals surface area (Å²) >= 11 is 6.23. The van der Waals surface area contributed by atoms with Crippen LogP contribution < -0.4 is 0 Å². The number of hydrogen-bond donors (Lipinski definition) is 0. The minimum Gasteiger partial charge on any atom is -0.443 e. The molecule has 1 fully saturated rings. The third-order valence-electron chi connectivity index (χ3n) is 5.02. The van der Waals surface area contributed by atoms with Crippen LogP contribution in [0.3, 0.4) is 0 Å². The predicted molar refractivity (Wildman–Crippen MR) is 104 cm³/mol. The molecule has 1 aromatic carbocycles. The van der Waals surface area contributed by atoms with Crippen LogP contribution in [0.1, 0.15) is 72.1 Å². The van der Waals surface area contributed by atoms with Gasteiger partial charge in [0.1, 0.15) is 11.8 Å². The van der Waals surface area contributed by atoms with E-state index in [-0.39, 0.29) is 23.6 Å². The van der Waals surface area contributed by atoms with Crippen molar-refractivity contribution in [2.24, 2.45) is 0 Å². The van der Waals surface area contributed by atoms with Gasteiger partial charge in [-0.3, -0.25) is 4.79 Å². The van der Waals surface area contributed by atoms with Gasteiger partial charge in [-0.15, -0.1) is 0 Å². The normalized spacial score (nSPS) is 16.9. The summed E-state index contributed by atoms with van der Waals surface area (Å²) in [4.78, 5) is 19.1. The molecule has 0 N–H and O–H groups in total. The molecule has 3 heterocycles. The molecule has 1 atom stereocenters. The van der Waals surface area contributed by atoms with Gasteiger partial charge in [0.05, 0.1) is 11.9 Å². The Kier molecular flexibility index (Phi) is 5.22. The van der Waals surface area contributed by atoms with Crippen molar-refractivity contribution in [1.29, 1.82) is 0 Å². The van der Waals surface area contributed by atoms with Crippen molar-refractivity contribution < 1.29 is 13.7 Å². The van der Waals surface area contributed by atoms with Crippen LogP contribution in [0.25, 0.3) is 0 Å². The van der Waals surface area contributed by atoms with Gasteiger partial charge in [-0.25, -0.2) is 4.98 Å². The molecule has 0 aliphatic carbocycles. The third kappa shape index (κ3) is 3.69. The molecule has 28 heavy (non-hydrogen) atoms. The van der Waals surface area contributed by atoms with Gasteiger partial charge in [-0.2, -0.15) is 0 Å². The lowest BCUT2D eigenvalue weighted by molar-refractivity contribution is 0.0672. The SMILES string of the molecule is CC(C)c1cc(C(=O)N2CCC[C@H]2c2ncc(Cc3ccccc3Cl)o2)on1. The number of benzene rings is 1. The summed E-state index contributed by atoms with van der Waals surface area (Å²) in [6.45, 7) is 4.67. The second-order valence-electron chi connectivity index (χ2n) is 7.36. The number of carbonyl (C=O) groups is 1. The largest absolute Gasteiger partial charge is 0.443 e. The molecule has 1 aliphatic rings. The van der Waals surface area contributed by atoms with E-state index >= 15 is 0 Å². The van der Waals surface area contributed by atoms with Crippen LogP contribution in [-0.2, 0) is 6.42 Å². The maximum absolute atomic E-state index is 12.9. The van der Waals surface area contributed by atoms with Crippen LogP contribution in [0.5, 0.6) is 0 Å². The number of likely N-dealkylation sites (tertiary alicyclic amines) is 1. The number of hydrogen-bond acceptors (Lipinski definition) is 5. The monoisotopic (exact) mass is 399 g/mol. The van der Waals surface area contributed by atoms with E-state index in [0.717, 1.165) is 29.9 Å². The molecular weight excluding hydrogens is 378 g/mol. The van der Waals surface area contributed by atoms with Crippen molar-refractivity contribution in [2.75, 3.05) is 6.54 Å². The molecule has 1 saturated heterocycles. The Balaban J connectivity index is 1.51. The smallest absolute Gasteiger partial charge is 0.293 e. The fraction of sp³-hybridized carbons (Fsp3) is 0.381. The molecule has 7 heteroatoms. The molecule has 1 amide bonds. The lowest BCUT2D eigenvalue weighted by Gasteiger charge is -2.20. The van der Waals surface area contributed by atoms with Crippen LogP contribution in [0, 0.1) is 0 Å². The zero-order valence-electron chi connectivity index (χ0n) is 15.9. The first kappa shape index (κ1) is 18.7. The van der Waals surface area contributed by atoms with E-state index in [2.05, 4.69) is 10.1 Å². The van der Waals surface area contributed by atoms with Gasteiger partial charge in [0.15, 0.2) is 0 Å². The quantitative estimate of drug-likeness (QED) is 0.603. The summed E-state index contributed by atoms with van der Waals surface area (Å²) in [6, 6.07) is 9.19. The molecule has 4 rings (SSSR count). The van der Waals surface area contributed by atoms with E-state index < -0.39 is 0 Å². The number of rotatable bonds is 5. The van der Waals surface area contributed by atoms with Gasteiger partial charge in [-0.05, 0) is 30.4 Å². The van der Waals surface area contributed by atoms with Gasteiger partial charge in [-0.1, -0.05) is 48.8 Å². The highest BCUT2D eigenvalue weighted by Gasteiger charge is 2.35. The molecular formula is C21H22ClN3O3. The highest BCUT2D eigenvalue weighted by molar-refractivity contribution is 6.31. The molecule has 0 saturated carbocycles. The summed E-state index contributed by atoms with van der Waals surface area (Å²) in [7, 11) is 0. The van der Waals surface area contributed by atoms with Crippen LogP contribution >= 0.6 is 11.6 Å². The van der Waals surface area contributed by atoms with E-state index in [1.54, 1.807) is 17.2 Å². The maximum Gasteiger partial charge on any atom is 0.293 e. The fourth-order valence-corrected chi connectivity index (χ4v) is 3.66. The van der Waals surface area contributed by atoms with Gasteiger partial charge in [0, 0.05) is 24.1 Å². The summed E-state index contributed by atoms with van der Waals surface area (Å²) < 4.78 is 11.3. The van der Waals surface area contributed by atoms with Crippen LogP contribution in [0.15, 0.2) is 45.5 Å². The average molecular weight is 400 g/mol. The minimum atomic E-state index is -0.194. The van der Waals surface area contributed by atoms with Gasteiger partial charge in [0.2, 0.25) is 11.7 Å². The summed E-state index contributed by atoms with van der Waals surface area (Å²) in [5.41, 5.74) is 1.76. The summed E-state index contributed by atoms with van der Waals surface area (Å²) in [5, 5.41) is 4.69. The predicted octanol–water partition coefficient (Wildman–Crippen LogP) is 5.01. The zero-order chi connectivity index (χ0) is 19.7. The number of carbonyl (C=O) groups excluding carboxylic acids is 1. The molecule has 0 unspecified atom stereocenters. The average Bonchev–Trinajstić information content (AvgIpc) is 3.43. The Morgan fingerprint density at radius 3 is 2.93 bits per heavy atom. The van der Waals surface area contributed by atoms with Crippen LogP contribution in [0.4, 0.5) is 0 Å². The lowest BCUT2D eigenvalue weighted by Crippen LogP contribution is -2.30. The number of amides is 1. The molecule has 3 aromatic rings. The summed E-state index contributed by atoms with van der Waals surface area (Å²) in [6.07, 6.45) is 3.98. The van der Waals surface area contributed by atoms with E-state index in [4.69, 9.17) is 20.5 Å². The maximum atomic E-state index is 12.9. The number of oxazole rings is 1. The summed E-state index contributed by atoms with van der Waals surface area (Å²) in [5.74, 6) is 1.57. The van der Waals surface area contributed by atoms with Gasteiger partial charge < -0.3 is 13.8 Å². The number of nitrogens with zero attached hydrogens (tertiary/aromatic N) is 3. The second kappa shape index (κ2) is 7.80. The fourth-order valence-electron chi connectivity index (χ4n) is 3.46. The van der Waals surface area contributed by atoms with Crippen molar-refractivity contribution in [3.63, 3.8) is 0 Å². The van der Waals surface area contributed by atoms with Crippen LogP contribution in [-0.4, -0.2) is 27.5 Å². The Morgan fingerprint density at radius 1 is 1.36 bits per heavy atom. The van der Waals surface area contributed by atoms with Crippen molar-refractivity contribution in [1.82, 2.24) is 15.0 Å². The Hall–Kier alpha value is -2.60. The Bertz CT molecular complexity index is 979. The van der Waals surface area contributed by atoms with Crippen LogP contribution in [0.2, 0.25) is 5.02 Å². The molecule has 1 aliphatic heterocycles.